The van der Waals surface area contributed by atoms with Gasteiger partial charge in [-0.1, -0.05) is 0 Å². The zero-order chi connectivity index (χ0) is 21.4. The molecule has 0 aromatic carbocycles. The van der Waals surface area contributed by atoms with Gasteiger partial charge in [0.2, 0.25) is 6.23 Å². The van der Waals surface area contributed by atoms with Crippen LogP contribution in [0.3, 0.4) is 0 Å². The summed E-state index contributed by atoms with van der Waals surface area (Å²) in [6, 6.07) is -2.22. The molecule has 0 radical (unpaired) electrons. The number of esters is 1. The highest BCUT2D eigenvalue weighted by Crippen LogP contribution is 2.48. The van der Waals surface area contributed by atoms with E-state index in [1.54, 1.807) is 0 Å². The average molecular weight is 446 g/mol. The number of alkyl halides is 6. The van der Waals surface area contributed by atoms with Crippen molar-refractivity contribution >= 4 is 26.0 Å². The monoisotopic (exact) mass is 446 g/mol. The van der Waals surface area contributed by atoms with Crippen molar-refractivity contribution in [2.24, 2.45) is 5.41 Å². The molecule has 2 rings (SSSR count). The smallest absolute Gasteiger partial charge is 0.438 e. The van der Waals surface area contributed by atoms with Gasteiger partial charge < -0.3 is 4.74 Å². The van der Waals surface area contributed by atoms with Crippen LogP contribution in [0, 0.1) is 5.41 Å². The van der Waals surface area contributed by atoms with Crippen molar-refractivity contribution in [1.29, 1.82) is 0 Å². The first-order valence-electron chi connectivity index (χ1n) is 6.88. The number of carbonyl (C=O) groups excluding carboxylic acids is 1. The van der Waals surface area contributed by atoms with Crippen LogP contribution in [0.4, 0.5) is 26.3 Å². The van der Waals surface area contributed by atoms with Gasteiger partial charge in [-0.25, -0.2) is 4.31 Å². The third-order valence-electron chi connectivity index (χ3n) is 4.05. The Morgan fingerprint density at radius 3 is 1.85 bits per heavy atom. The highest BCUT2D eigenvalue weighted by atomic mass is 32.2. The molecule has 156 valence electrons. The molecule has 1 fully saturated rings. The SMILES string of the molecule is CC1=CN(S(=O)(=O)C(F)(F)F)C2C(OC(=O)C2(C)C)N1S(=O)(=O)C(F)(F)F. The molecule has 0 aromatic rings. The molecule has 2 heterocycles. The topological polar surface area (TPSA) is 101 Å². The van der Waals surface area contributed by atoms with Gasteiger partial charge in [0.25, 0.3) is 0 Å². The predicted molar refractivity (Wildman–Crippen MR) is 74.8 cm³/mol. The average Bonchev–Trinajstić information content (AvgIpc) is 2.65. The van der Waals surface area contributed by atoms with Crippen LogP contribution in [0.5, 0.6) is 0 Å². The van der Waals surface area contributed by atoms with E-state index in [0.717, 1.165) is 13.8 Å². The van der Waals surface area contributed by atoms with E-state index in [-0.39, 0.29) is 10.5 Å². The molecule has 16 heteroatoms. The Labute approximate surface area is 149 Å². The summed E-state index contributed by atoms with van der Waals surface area (Å²) in [5.74, 6) is -1.37. The van der Waals surface area contributed by atoms with Crippen molar-refractivity contribution in [2.45, 2.75) is 44.1 Å². The molecule has 0 saturated carbocycles. The zero-order valence-electron chi connectivity index (χ0n) is 13.7. The van der Waals surface area contributed by atoms with E-state index in [1.807, 2.05) is 0 Å². The lowest BCUT2D eigenvalue weighted by atomic mass is 9.85. The van der Waals surface area contributed by atoms with Crippen molar-refractivity contribution in [1.82, 2.24) is 8.61 Å². The fourth-order valence-electron chi connectivity index (χ4n) is 2.72. The summed E-state index contributed by atoms with van der Waals surface area (Å²) in [6.07, 6.45) is -2.39. The first-order valence-corrected chi connectivity index (χ1v) is 9.76. The third-order valence-corrected chi connectivity index (χ3v) is 7.12. The van der Waals surface area contributed by atoms with E-state index in [0.29, 0.717) is 6.92 Å². The summed E-state index contributed by atoms with van der Waals surface area (Å²) in [4.78, 5) is 12.0. The molecule has 27 heavy (non-hydrogen) atoms. The molecule has 2 unspecified atom stereocenters. The van der Waals surface area contributed by atoms with E-state index < -0.39 is 64.7 Å². The molecular formula is C11H12F6N2O6S2. The normalized spacial score (nSPS) is 26.6. The van der Waals surface area contributed by atoms with Gasteiger partial charge >= 0.3 is 37.0 Å². The molecule has 0 amide bonds. The summed E-state index contributed by atoms with van der Waals surface area (Å²) < 4.78 is 129. The standard InChI is InChI=1S/C11H12F6N2O6S2/c1-5-4-18(26(21,22)10(12,13)14)6-7(25-8(20)9(6,2)3)19(5)27(23,24)11(15,16)17/h4,6-7H,1-3H3. The van der Waals surface area contributed by atoms with Crippen LogP contribution in [-0.4, -0.2) is 54.7 Å². The maximum Gasteiger partial charge on any atom is 0.516 e. The Morgan fingerprint density at radius 1 is 1.00 bits per heavy atom. The van der Waals surface area contributed by atoms with Crippen molar-refractivity contribution < 1.29 is 52.7 Å². The summed E-state index contributed by atoms with van der Waals surface area (Å²) in [6.45, 7) is 2.48. The minimum atomic E-state index is -6.20. The van der Waals surface area contributed by atoms with Gasteiger partial charge in [0, 0.05) is 11.9 Å². The van der Waals surface area contributed by atoms with Crippen molar-refractivity contribution in [3.8, 4) is 0 Å². The molecule has 2 aliphatic rings. The Kier molecular flexibility index (Phi) is 4.52. The number of fused-ring (bicyclic) bond motifs is 1. The Hall–Kier alpha value is -1.71. The highest BCUT2D eigenvalue weighted by molar-refractivity contribution is 7.90. The van der Waals surface area contributed by atoms with Crippen LogP contribution in [0.15, 0.2) is 11.9 Å². The molecule has 0 aromatic heterocycles. The van der Waals surface area contributed by atoms with Gasteiger partial charge in [0.15, 0.2) is 0 Å². The molecular weight excluding hydrogens is 434 g/mol. The van der Waals surface area contributed by atoms with E-state index >= 15 is 0 Å². The lowest BCUT2D eigenvalue weighted by molar-refractivity contribution is -0.150. The van der Waals surface area contributed by atoms with E-state index in [4.69, 9.17) is 0 Å². The Balaban J connectivity index is 2.79. The molecule has 1 saturated heterocycles. The lowest BCUT2D eigenvalue weighted by Crippen LogP contribution is -2.61. The second-order valence-corrected chi connectivity index (χ2v) is 9.90. The number of hydrogen-bond acceptors (Lipinski definition) is 6. The van der Waals surface area contributed by atoms with Gasteiger partial charge in [0.1, 0.15) is 6.04 Å². The number of hydrogen-bond donors (Lipinski definition) is 0. The van der Waals surface area contributed by atoms with Crippen LogP contribution < -0.4 is 0 Å². The summed E-state index contributed by atoms with van der Waals surface area (Å²) >= 11 is 0. The zero-order valence-corrected chi connectivity index (χ0v) is 15.3. The van der Waals surface area contributed by atoms with Crippen LogP contribution in [-0.2, 0) is 29.6 Å². The first-order chi connectivity index (χ1) is 11.8. The number of rotatable bonds is 2. The quantitative estimate of drug-likeness (QED) is 0.470. The molecule has 0 bridgehead atoms. The fraction of sp³-hybridized carbons (Fsp3) is 0.727. The van der Waals surface area contributed by atoms with Crippen molar-refractivity contribution in [3.63, 3.8) is 0 Å². The van der Waals surface area contributed by atoms with Gasteiger partial charge in [-0.15, -0.1) is 0 Å². The minimum Gasteiger partial charge on any atom is -0.438 e. The number of carbonyl (C=O) groups is 1. The minimum absolute atomic E-state index is 0.0803. The largest absolute Gasteiger partial charge is 0.516 e. The van der Waals surface area contributed by atoms with Crippen molar-refractivity contribution in [3.05, 3.63) is 11.9 Å². The van der Waals surface area contributed by atoms with Gasteiger partial charge in [0.05, 0.1) is 5.41 Å². The number of sulfonamides is 2. The van der Waals surface area contributed by atoms with E-state index in [9.17, 15) is 48.0 Å². The molecule has 2 aliphatic heterocycles. The Bertz CT molecular complexity index is 905. The fourth-order valence-corrected chi connectivity index (χ4v) is 5.00. The molecule has 8 nitrogen and oxygen atoms in total. The third kappa shape index (κ3) is 2.92. The maximum atomic E-state index is 13.0. The molecule has 0 N–H and O–H groups in total. The number of nitrogens with zero attached hydrogens (tertiary/aromatic N) is 2. The van der Waals surface area contributed by atoms with Crippen LogP contribution in [0.25, 0.3) is 0 Å². The van der Waals surface area contributed by atoms with E-state index in [1.165, 1.54) is 0 Å². The van der Waals surface area contributed by atoms with Gasteiger partial charge in [-0.05, 0) is 20.8 Å². The number of halogens is 6. The lowest BCUT2D eigenvalue weighted by Gasteiger charge is -2.43. The first kappa shape index (κ1) is 21.6. The van der Waals surface area contributed by atoms with Gasteiger partial charge in [-0.2, -0.15) is 43.2 Å². The van der Waals surface area contributed by atoms with Crippen molar-refractivity contribution in [2.75, 3.05) is 0 Å². The summed E-state index contributed by atoms with van der Waals surface area (Å²) in [5, 5.41) is 0. The summed E-state index contributed by atoms with van der Waals surface area (Å²) in [7, 11) is -12.4. The predicted octanol–water partition coefficient (Wildman–Crippen LogP) is 1.44. The number of allylic oxidation sites excluding steroid dienone is 1. The Morgan fingerprint density at radius 2 is 1.44 bits per heavy atom. The van der Waals surface area contributed by atoms with Crippen LogP contribution in [0.2, 0.25) is 0 Å². The highest BCUT2D eigenvalue weighted by Gasteiger charge is 2.67. The molecule has 0 spiro atoms. The van der Waals surface area contributed by atoms with Crippen LogP contribution >= 0.6 is 0 Å². The second-order valence-electron chi connectivity index (χ2n) is 6.26. The maximum absolute atomic E-state index is 13.0. The summed E-state index contributed by atoms with van der Waals surface area (Å²) in [5.41, 5.74) is -14.9. The molecule has 0 aliphatic carbocycles. The van der Waals surface area contributed by atoms with E-state index in [2.05, 4.69) is 4.74 Å². The van der Waals surface area contributed by atoms with Crippen LogP contribution in [0.1, 0.15) is 20.8 Å². The second kappa shape index (κ2) is 5.65. The number of ether oxygens (including phenoxy) is 1. The van der Waals surface area contributed by atoms with Gasteiger partial charge in [-0.3, -0.25) is 9.10 Å². The molecule has 2 atom stereocenters.